The molecule has 1 fully saturated rings. The largest absolute Gasteiger partial charge is 0.507 e. The summed E-state index contributed by atoms with van der Waals surface area (Å²) in [7, 11) is 0. The van der Waals surface area contributed by atoms with E-state index < -0.39 is 17.7 Å². The Morgan fingerprint density at radius 3 is 2.45 bits per heavy atom. The van der Waals surface area contributed by atoms with Gasteiger partial charge in [-0.25, -0.2) is 0 Å². The minimum absolute atomic E-state index is 0.0438. The number of aromatic hydroxyl groups is 1. The van der Waals surface area contributed by atoms with E-state index in [0.717, 1.165) is 0 Å². The lowest BCUT2D eigenvalue weighted by atomic mass is 9.79. The summed E-state index contributed by atoms with van der Waals surface area (Å²) in [6.45, 7) is 0. The van der Waals surface area contributed by atoms with Gasteiger partial charge in [0.15, 0.2) is 11.6 Å². The Morgan fingerprint density at radius 1 is 1.00 bits per heavy atom. The maximum absolute atomic E-state index is 12.7. The van der Waals surface area contributed by atoms with Gasteiger partial charge in [-0.1, -0.05) is 12.1 Å². The number of piperidine rings is 1. The van der Waals surface area contributed by atoms with Crippen LogP contribution in [0.2, 0.25) is 0 Å². The molecule has 0 radical (unpaired) electrons. The van der Waals surface area contributed by atoms with Gasteiger partial charge in [-0.2, -0.15) is 0 Å². The number of benzene rings is 1. The molecular formula is C16H15NO5. The Bertz CT molecular complexity index is 694. The van der Waals surface area contributed by atoms with Crippen molar-refractivity contribution in [2.45, 2.75) is 25.7 Å². The molecule has 2 unspecified atom stereocenters. The lowest BCUT2D eigenvalue weighted by Gasteiger charge is -2.27. The first-order chi connectivity index (χ1) is 10.5. The number of phenolic OH excluding ortho intramolecular Hbond substituents is 1. The number of ketones is 2. The highest BCUT2D eigenvalue weighted by molar-refractivity contribution is 6.14. The van der Waals surface area contributed by atoms with E-state index >= 15 is 0 Å². The predicted octanol–water partition coefficient (Wildman–Crippen LogP) is 1.22. The third-order valence-corrected chi connectivity index (χ3v) is 4.37. The van der Waals surface area contributed by atoms with E-state index in [1.54, 1.807) is 0 Å². The zero-order valence-corrected chi connectivity index (χ0v) is 11.8. The third kappa shape index (κ3) is 2.30. The van der Waals surface area contributed by atoms with Gasteiger partial charge in [-0.3, -0.25) is 24.5 Å². The van der Waals surface area contributed by atoms with Gasteiger partial charge >= 0.3 is 0 Å². The summed E-state index contributed by atoms with van der Waals surface area (Å²) in [5.41, 5.74) is 0.208. The maximum Gasteiger partial charge on any atom is 0.230 e. The van der Waals surface area contributed by atoms with Crippen molar-refractivity contribution in [1.82, 2.24) is 5.32 Å². The van der Waals surface area contributed by atoms with Crippen LogP contribution in [-0.2, 0) is 9.59 Å². The summed E-state index contributed by atoms with van der Waals surface area (Å²) < 4.78 is 0. The molecule has 1 heterocycles. The van der Waals surface area contributed by atoms with Crippen molar-refractivity contribution in [2.24, 2.45) is 11.8 Å². The quantitative estimate of drug-likeness (QED) is 0.600. The Hall–Kier alpha value is -2.50. The molecule has 1 aliphatic heterocycles. The monoisotopic (exact) mass is 301 g/mol. The lowest BCUT2D eigenvalue weighted by molar-refractivity contribution is -0.137. The summed E-state index contributed by atoms with van der Waals surface area (Å²) in [5, 5.41) is 12.1. The zero-order chi connectivity index (χ0) is 15.9. The molecular weight excluding hydrogens is 286 g/mol. The number of carbonyl (C=O) groups excluding carboxylic acids is 4. The van der Waals surface area contributed by atoms with E-state index in [9.17, 15) is 24.3 Å². The summed E-state index contributed by atoms with van der Waals surface area (Å²) in [5.74, 6) is -2.85. The molecule has 1 aromatic rings. The van der Waals surface area contributed by atoms with E-state index in [0.29, 0.717) is 6.42 Å². The molecule has 2 aliphatic rings. The average molecular weight is 301 g/mol. The van der Waals surface area contributed by atoms with Gasteiger partial charge in [0.25, 0.3) is 0 Å². The van der Waals surface area contributed by atoms with Crippen LogP contribution in [0.25, 0.3) is 0 Å². The first-order valence-electron chi connectivity index (χ1n) is 7.22. The predicted molar refractivity (Wildman–Crippen MR) is 75.4 cm³/mol. The van der Waals surface area contributed by atoms with Crippen molar-refractivity contribution >= 4 is 23.4 Å². The first-order valence-corrected chi connectivity index (χ1v) is 7.22. The molecule has 0 aromatic heterocycles. The lowest BCUT2D eigenvalue weighted by Crippen LogP contribution is -2.45. The fraction of sp³-hybridized carbons (Fsp3) is 0.375. The van der Waals surface area contributed by atoms with Crippen molar-refractivity contribution < 1.29 is 24.3 Å². The first kappa shape index (κ1) is 14.4. The molecule has 6 heteroatoms. The van der Waals surface area contributed by atoms with Gasteiger partial charge in [0.05, 0.1) is 5.56 Å². The summed E-state index contributed by atoms with van der Waals surface area (Å²) in [6, 6.07) is 4.38. The fourth-order valence-corrected chi connectivity index (χ4v) is 3.26. The summed E-state index contributed by atoms with van der Waals surface area (Å²) >= 11 is 0. The number of hydrogen-bond acceptors (Lipinski definition) is 5. The van der Waals surface area contributed by atoms with Crippen molar-refractivity contribution in [3.05, 3.63) is 29.3 Å². The summed E-state index contributed by atoms with van der Waals surface area (Å²) in [6.07, 6.45) is 0.848. The number of hydrogen-bond donors (Lipinski definition) is 2. The number of nitrogens with one attached hydrogen (secondary N) is 1. The Morgan fingerprint density at radius 2 is 1.73 bits per heavy atom. The highest BCUT2D eigenvalue weighted by atomic mass is 16.3. The molecule has 2 N–H and O–H groups in total. The van der Waals surface area contributed by atoms with E-state index in [1.807, 2.05) is 0 Å². The molecule has 0 saturated carbocycles. The highest BCUT2D eigenvalue weighted by Crippen LogP contribution is 2.35. The second-order valence-electron chi connectivity index (χ2n) is 5.69. The molecule has 1 saturated heterocycles. The number of fused-ring (bicyclic) bond motifs is 1. The highest BCUT2D eigenvalue weighted by Gasteiger charge is 2.40. The molecule has 1 aromatic carbocycles. The van der Waals surface area contributed by atoms with Gasteiger partial charge in [0.2, 0.25) is 11.8 Å². The molecule has 2 atom stereocenters. The Labute approximate surface area is 126 Å². The van der Waals surface area contributed by atoms with Crippen LogP contribution in [0.4, 0.5) is 0 Å². The van der Waals surface area contributed by atoms with Crippen molar-refractivity contribution in [3.8, 4) is 5.75 Å². The van der Waals surface area contributed by atoms with Crippen LogP contribution in [-0.4, -0.2) is 28.5 Å². The minimum atomic E-state index is -0.639. The molecule has 6 nitrogen and oxygen atoms in total. The number of rotatable bonds is 1. The Balaban J connectivity index is 1.99. The van der Waals surface area contributed by atoms with Crippen LogP contribution in [0.5, 0.6) is 5.75 Å². The molecule has 0 spiro atoms. The number of imide groups is 1. The van der Waals surface area contributed by atoms with Crippen LogP contribution < -0.4 is 5.32 Å². The van der Waals surface area contributed by atoms with Crippen LogP contribution >= 0.6 is 0 Å². The van der Waals surface area contributed by atoms with E-state index in [4.69, 9.17) is 0 Å². The van der Waals surface area contributed by atoms with Crippen LogP contribution in [0, 0.1) is 11.8 Å². The number of amides is 2. The Kier molecular flexibility index (Phi) is 3.52. The normalized spacial score (nSPS) is 25.5. The fourth-order valence-electron chi connectivity index (χ4n) is 3.26. The molecule has 0 bridgehead atoms. The van der Waals surface area contributed by atoms with Gasteiger partial charge in [-0.05, 0) is 18.9 Å². The maximum atomic E-state index is 12.7. The van der Waals surface area contributed by atoms with Gasteiger partial charge < -0.3 is 5.11 Å². The van der Waals surface area contributed by atoms with Crippen molar-refractivity contribution in [2.75, 3.05) is 0 Å². The molecule has 2 amide bonds. The van der Waals surface area contributed by atoms with Crippen LogP contribution in [0.3, 0.4) is 0 Å². The molecule has 22 heavy (non-hydrogen) atoms. The van der Waals surface area contributed by atoms with Gasteiger partial charge in [0, 0.05) is 30.2 Å². The smallest absolute Gasteiger partial charge is 0.230 e. The third-order valence-electron chi connectivity index (χ3n) is 4.37. The topological polar surface area (TPSA) is 101 Å². The van der Waals surface area contributed by atoms with E-state index in [-0.39, 0.29) is 53.6 Å². The standard InChI is InChI=1S/C16H15NO5/c18-11-3-1-2-10-14(11)12(19)6-4-8(15(10)21)9-5-7-13(20)17-16(9)22/h1-3,8-9,18H,4-7H2,(H,17,20,22). The summed E-state index contributed by atoms with van der Waals surface area (Å²) in [4.78, 5) is 48.1. The molecule has 1 aliphatic carbocycles. The number of phenols is 1. The van der Waals surface area contributed by atoms with Crippen LogP contribution in [0.15, 0.2) is 18.2 Å². The zero-order valence-electron chi connectivity index (χ0n) is 11.8. The van der Waals surface area contributed by atoms with Gasteiger partial charge in [-0.15, -0.1) is 0 Å². The average Bonchev–Trinajstić information content (AvgIpc) is 2.59. The van der Waals surface area contributed by atoms with Crippen molar-refractivity contribution in [1.29, 1.82) is 0 Å². The van der Waals surface area contributed by atoms with Crippen molar-refractivity contribution in [3.63, 3.8) is 0 Å². The molecule has 3 rings (SSSR count). The second kappa shape index (κ2) is 5.36. The van der Waals surface area contributed by atoms with Gasteiger partial charge in [0.1, 0.15) is 5.75 Å². The number of carbonyl (C=O) groups is 4. The van der Waals surface area contributed by atoms with E-state index in [2.05, 4.69) is 5.32 Å². The SMILES string of the molecule is O=C1CCC(C2CCC(=O)c3c(O)cccc3C2=O)C(=O)N1. The molecule has 114 valence electrons. The number of Topliss-reactive ketones (excluding diaryl/α,β-unsaturated/α-hetero) is 2. The second-order valence-corrected chi connectivity index (χ2v) is 5.69. The minimum Gasteiger partial charge on any atom is -0.507 e. The van der Waals surface area contributed by atoms with Crippen LogP contribution in [0.1, 0.15) is 46.4 Å². The van der Waals surface area contributed by atoms with E-state index in [1.165, 1.54) is 18.2 Å².